The maximum absolute atomic E-state index is 12.8. The number of aromatic carboxylic acids is 1. The largest absolute Gasteiger partial charge is 0.478 e. The monoisotopic (exact) mass is 208 g/mol. The first-order valence-electron chi connectivity index (χ1n) is 3.64. The van der Waals surface area contributed by atoms with Gasteiger partial charge in [0, 0.05) is 0 Å². The fraction of sp³-hybridized carbons (Fsp3) is 0.429. The van der Waals surface area contributed by atoms with Crippen molar-refractivity contribution in [1.29, 1.82) is 0 Å². The first-order chi connectivity index (χ1) is 6.45. The van der Waals surface area contributed by atoms with Crippen molar-refractivity contribution < 1.29 is 23.1 Å². The summed E-state index contributed by atoms with van der Waals surface area (Å²) in [6, 6.07) is 0. The number of hydrogen-bond donors (Lipinski definition) is 1. The van der Waals surface area contributed by atoms with E-state index in [-0.39, 0.29) is 11.3 Å². The van der Waals surface area contributed by atoms with Gasteiger partial charge in [-0.1, -0.05) is 0 Å². The van der Waals surface area contributed by atoms with Gasteiger partial charge in [-0.3, -0.25) is 0 Å². The lowest BCUT2D eigenvalue weighted by Crippen LogP contribution is -2.15. The molecule has 0 aromatic carbocycles. The summed E-state index contributed by atoms with van der Waals surface area (Å²) in [4.78, 5) is 10.5. The molecule has 1 aromatic heterocycles. The van der Waals surface area contributed by atoms with E-state index in [0.717, 1.165) is 6.20 Å². The molecule has 7 heteroatoms. The smallest absolute Gasteiger partial charge is 0.339 e. The minimum atomic E-state index is -3.23. The molecule has 0 fully saturated rings. The van der Waals surface area contributed by atoms with E-state index in [4.69, 9.17) is 5.11 Å². The standard InChI is InChI=1S/C7H7F3N2O2/c1-3-4(7(13)14)2-11-12(3)6(10)5(8)9/h2,5-6H,1H3,(H,13,14). The summed E-state index contributed by atoms with van der Waals surface area (Å²) in [7, 11) is 0. The van der Waals surface area contributed by atoms with Crippen LogP contribution in [0.25, 0.3) is 0 Å². The second-order valence-corrected chi connectivity index (χ2v) is 2.60. The van der Waals surface area contributed by atoms with Gasteiger partial charge in [-0.15, -0.1) is 0 Å². The molecule has 4 nitrogen and oxygen atoms in total. The van der Waals surface area contributed by atoms with Gasteiger partial charge in [-0.05, 0) is 6.92 Å². The Kier molecular flexibility index (Phi) is 2.78. The zero-order chi connectivity index (χ0) is 10.9. The second-order valence-electron chi connectivity index (χ2n) is 2.60. The Hall–Kier alpha value is -1.53. The predicted molar refractivity (Wildman–Crippen MR) is 40.1 cm³/mol. The third-order valence-electron chi connectivity index (χ3n) is 1.72. The third kappa shape index (κ3) is 1.70. The van der Waals surface area contributed by atoms with Crippen molar-refractivity contribution in [3.8, 4) is 0 Å². The lowest BCUT2D eigenvalue weighted by molar-refractivity contribution is -0.000526. The molecule has 0 saturated carbocycles. The molecule has 0 aliphatic carbocycles. The summed E-state index contributed by atoms with van der Waals surface area (Å²) in [6.45, 7) is 1.21. The van der Waals surface area contributed by atoms with Crippen molar-refractivity contribution in [3.63, 3.8) is 0 Å². The molecule has 1 atom stereocenters. The zero-order valence-corrected chi connectivity index (χ0v) is 7.12. The summed E-state index contributed by atoms with van der Waals surface area (Å²) in [5, 5.41) is 11.8. The molecule has 1 aromatic rings. The van der Waals surface area contributed by atoms with Crippen LogP contribution in [0.3, 0.4) is 0 Å². The van der Waals surface area contributed by atoms with Crippen LogP contribution in [0.4, 0.5) is 13.2 Å². The molecule has 1 rings (SSSR count). The molecule has 0 aliphatic heterocycles. The fourth-order valence-electron chi connectivity index (χ4n) is 0.989. The number of carbonyl (C=O) groups is 1. The number of aromatic nitrogens is 2. The molecule has 0 bridgehead atoms. The Balaban J connectivity index is 3.06. The highest BCUT2D eigenvalue weighted by Gasteiger charge is 2.25. The van der Waals surface area contributed by atoms with E-state index in [9.17, 15) is 18.0 Å². The minimum Gasteiger partial charge on any atom is -0.478 e. The van der Waals surface area contributed by atoms with Crippen molar-refractivity contribution in [2.45, 2.75) is 19.6 Å². The van der Waals surface area contributed by atoms with Gasteiger partial charge in [0.05, 0.1) is 11.9 Å². The lowest BCUT2D eigenvalue weighted by Gasteiger charge is -2.09. The Bertz CT molecular complexity index is 351. The Morgan fingerprint density at radius 1 is 1.57 bits per heavy atom. The maximum atomic E-state index is 12.8. The highest BCUT2D eigenvalue weighted by Crippen LogP contribution is 2.20. The van der Waals surface area contributed by atoms with Crippen LogP contribution >= 0.6 is 0 Å². The van der Waals surface area contributed by atoms with E-state index < -0.39 is 18.7 Å². The van der Waals surface area contributed by atoms with E-state index in [2.05, 4.69) is 5.10 Å². The first-order valence-corrected chi connectivity index (χ1v) is 3.64. The van der Waals surface area contributed by atoms with E-state index in [1.54, 1.807) is 0 Å². The van der Waals surface area contributed by atoms with Crippen LogP contribution in [0.1, 0.15) is 22.3 Å². The molecular formula is C7H7F3N2O2. The molecule has 0 radical (unpaired) electrons. The van der Waals surface area contributed by atoms with Crippen LogP contribution in [0.5, 0.6) is 0 Å². The predicted octanol–water partition coefficient (Wildman–Crippen LogP) is 1.62. The Morgan fingerprint density at radius 2 is 2.14 bits per heavy atom. The number of rotatable bonds is 3. The Labute approximate surface area is 77.0 Å². The quantitative estimate of drug-likeness (QED) is 0.821. The third-order valence-corrected chi connectivity index (χ3v) is 1.72. The summed E-state index contributed by atoms with van der Waals surface area (Å²) in [6.07, 6.45) is -4.99. The van der Waals surface area contributed by atoms with Gasteiger partial charge in [-0.2, -0.15) is 5.10 Å². The van der Waals surface area contributed by atoms with Crippen molar-refractivity contribution in [3.05, 3.63) is 17.5 Å². The summed E-state index contributed by atoms with van der Waals surface area (Å²) < 4.78 is 37.0. The van der Waals surface area contributed by atoms with Crippen LogP contribution in [-0.2, 0) is 0 Å². The fourth-order valence-corrected chi connectivity index (χ4v) is 0.989. The summed E-state index contributed by atoms with van der Waals surface area (Å²) in [5.74, 6) is -1.32. The van der Waals surface area contributed by atoms with Crippen LogP contribution in [-0.4, -0.2) is 27.3 Å². The molecule has 1 unspecified atom stereocenters. The van der Waals surface area contributed by atoms with E-state index in [0.29, 0.717) is 4.68 Å². The Morgan fingerprint density at radius 3 is 2.50 bits per heavy atom. The van der Waals surface area contributed by atoms with Gasteiger partial charge in [0.1, 0.15) is 5.56 Å². The molecule has 1 N–H and O–H groups in total. The summed E-state index contributed by atoms with van der Waals surface area (Å²) in [5.41, 5.74) is -0.418. The van der Waals surface area contributed by atoms with E-state index in [1.165, 1.54) is 6.92 Å². The molecule has 0 saturated heterocycles. The molecule has 0 spiro atoms. The highest BCUT2D eigenvalue weighted by atomic mass is 19.3. The van der Waals surface area contributed by atoms with E-state index >= 15 is 0 Å². The zero-order valence-electron chi connectivity index (χ0n) is 7.12. The second kappa shape index (κ2) is 3.69. The van der Waals surface area contributed by atoms with Crippen LogP contribution in [0, 0.1) is 6.92 Å². The molecule has 0 aliphatic rings. The van der Waals surface area contributed by atoms with Crippen LogP contribution in [0.15, 0.2) is 6.20 Å². The van der Waals surface area contributed by atoms with E-state index in [1.807, 2.05) is 0 Å². The van der Waals surface area contributed by atoms with Crippen molar-refractivity contribution in [2.24, 2.45) is 0 Å². The van der Waals surface area contributed by atoms with Crippen molar-refractivity contribution in [1.82, 2.24) is 9.78 Å². The molecule has 78 valence electrons. The van der Waals surface area contributed by atoms with Gasteiger partial charge < -0.3 is 5.11 Å². The topological polar surface area (TPSA) is 55.1 Å². The number of halogens is 3. The van der Waals surface area contributed by atoms with Crippen LogP contribution in [0.2, 0.25) is 0 Å². The molecule has 0 amide bonds. The number of nitrogens with zero attached hydrogens (tertiary/aromatic N) is 2. The van der Waals surface area contributed by atoms with Gasteiger partial charge in [-0.25, -0.2) is 22.6 Å². The normalized spacial score (nSPS) is 13.2. The number of alkyl halides is 3. The maximum Gasteiger partial charge on any atom is 0.339 e. The van der Waals surface area contributed by atoms with Gasteiger partial charge >= 0.3 is 5.97 Å². The van der Waals surface area contributed by atoms with Gasteiger partial charge in [0.15, 0.2) is 0 Å². The number of carboxylic acids is 1. The van der Waals surface area contributed by atoms with Gasteiger partial charge in [0.25, 0.3) is 12.7 Å². The average Bonchev–Trinajstić information content (AvgIpc) is 2.45. The lowest BCUT2D eigenvalue weighted by atomic mass is 10.3. The van der Waals surface area contributed by atoms with Crippen LogP contribution < -0.4 is 0 Å². The molecule has 1 heterocycles. The number of hydrogen-bond acceptors (Lipinski definition) is 2. The number of carboxylic acid groups (broad SMARTS) is 1. The molecule has 14 heavy (non-hydrogen) atoms. The average molecular weight is 208 g/mol. The van der Waals surface area contributed by atoms with Crippen molar-refractivity contribution in [2.75, 3.05) is 0 Å². The van der Waals surface area contributed by atoms with Crippen molar-refractivity contribution >= 4 is 5.97 Å². The first kappa shape index (κ1) is 10.6. The minimum absolute atomic E-state index is 0.134. The summed E-state index contributed by atoms with van der Waals surface area (Å²) >= 11 is 0. The SMILES string of the molecule is Cc1c(C(=O)O)cnn1C(F)C(F)F. The van der Waals surface area contributed by atoms with Gasteiger partial charge in [0.2, 0.25) is 0 Å². The molecular weight excluding hydrogens is 201 g/mol. The highest BCUT2D eigenvalue weighted by molar-refractivity contribution is 5.88.